The number of ether oxygens (including phenoxy) is 1. The molecule has 2 atom stereocenters. The van der Waals surface area contributed by atoms with Gasteiger partial charge in [0, 0.05) is 7.11 Å². The molecule has 0 bridgehead atoms. The molecule has 0 fully saturated rings. The third-order valence-corrected chi connectivity index (χ3v) is 4.07. The van der Waals surface area contributed by atoms with Gasteiger partial charge in [-0.2, -0.15) is 8.42 Å². The molecule has 0 aromatic carbocycles. The number of aliphatic hydroxyl groups is 1. The summed E-state index contributed by atoms with van der Waals surface area (Å²) < 4.78 is 35.7. The maximum atomic E-state index is 11.6. The lowest BCUT2D eigenvalue weighted by Gasteiger charge is -2.16. The summed E-state index contributed by atoms with van der Waals surface area (Å²) in [5.74, 6) is -2.61. The van der Waals surface area contributed by atoms with Crippen molar-refractivity contribution in [2.45, 2.75) is 51.2 Å². The van der Waals surface area contributed by atoms with Crippen molar-refractivity contribution < 1.29 is 37.5 Å². The van der Waals surface area contributed by atoms with E-state index in [4.69, 9.17) is 19.5 Å². The topological polar surface area (TPSA) is 138 Å². The standard InChI is InChI=1S/C12H22O7S.CH4O/c1-3-5-6-9(4-2)8-19-12(15)10(7-11(13)14)20(16,17)18;1-2/h9-10H,3-8H2,1-2H3,(H,13,14)(H,16,17,18);2H,1H3. The van der Waals surface area contributed by atoms with Crippen LogP contribution in [0.15, 0.2) is 0 Å². The van der Waals surface area contributed by atoms with Gasteiger partial charge in [0.15, 0.2) is 5.25 Å². The lowest BCUT2D eigenvalue weighted by atomic mass is 10.0. The number of esters is 1. The molecule has 9 heteroatoms. The molecule has 8 nitrogen and oxygen atoms in total. The van der Waals surface area contributed by atoms with Crippen LogP contribution in [0.1, 0.15) is 46.0 Å². The first kappa shape index (κ1) is 23.1. The third-order valence-electron chi connectivity index (χ3n) is 2.99. The number of aliphatic hydroxyl groups excluding tert-OH is 1. The van der Waals surface area contributed by atoms with E-state index in [-0.39, 0.29) is 12.5 Å². The minimum absolute atomic E-state index is 0.0287. The summed E-state index contributed by atoms with van der Waals surface area (Å²) in [6, 6.07) is 0. The summed E-state index contributed by atoms with van der Waals surface area (Å²) in [7, 11) is -3.79. The molecule has 0 amide bonds. The summed E-state index contributed by atoms with van der Waals surface area (Å²) in [6.45, 7) is 3.98. The molecule has 132 valence electrons. The van der Waals surface area contributed by atoms with E-state index in [2.05, 4.69) is 0 Å². The summed E-state index contributed by atoms with van der Waals surface area (Å²) in [6.07, 6.45) is 2.56. The zero-order valence-electron chi connectivity index (χ0n) is 13.2. The van der Waals surface area contributed by atoms with Gasteiger partial charge in [-0.1, -0.05) is 33.1 Å². The van der Waals surface area contributed by atoms with Crippen molar-refractivity contribution in [3.63, 3.8) is 0 Å². The Bertz CT molecular complexity index is 418. The Morgan fingerprint density at radius 1 is 1.18 bits per heavy atom. The third kappa shape index (κ3) is 10.5. The van der Waals surface area contributed by atoms with Crippen LogP contribution < -0.4 is 0 Å². The van der Waals surface area contributed by atoms with E-state index in [9.17, 15) is 18.0 Å². The number of carbonyl (C=O) groups excluding carboxylic acids is 1. The number of hydrogen-bond acceptors (Lipinski definition) is 6. The average molecular weight is 342 g/mol. The number of carboxylic acids is 1. The Hall–Kier alpha value is -1.19. The predicted octanol–water partition coefficient (Wildman–Crippen LogP) is 1.09. The van der Waals surface area contributed by atoms with Gasteiger partial charge in [0.1, 0.15) is 0 Å². The molecule has 0 saturated carbocycles. The van der Waals surface area contributed by atoms with Crippen LogP contribution in [0, 0.1) is 5.92 Å². The van der Waals surface area contributed by atoms with Crippen molar-refractivity contribution >= 4 is 22.1 Å². The molecule has 22 heavy (non-hydrogen) atoms. The van der Waals surface area contributed by atoms with Crippen LogP contribution >= 0.6 is 0 Å². The van der Waals surface area contributed by atoms with Crippen LogP contribution in [0.5, 0.6) is 0 Å². The predicted molar refractivity (Wildman–Crippen MR) is 80.0 cm³/mol. The fourth-order valence-electron chi connectivity index (χ4n) is 1.66. The number of hydrogen-bond donors (Lipinski definition) is 3. The quantitative estimate of drug-likeness (QED) is 0.396. The summed E-state index contributed by atoms with van der Waals surface area (Å²) in [4.78, 5) is 22.1. The van der Waals surface area contributed by atoms with Crippen molar-refractivity contribution in [1.82, 2.24) is 0 Å². The van der Waals surface area contributed by atoms with Gasteiger partial charge in [-0.05, 0) is 12.3 Å². The fourth-order valence-corrected chi connectivity index (χ4v) is 2.32. The largest absolute Gasteiger partial charge is 0.481 e. The Balaban J connectivity index is 0. The van der Waals surface area contributed by atoms with Gasteiger partial charge in [-0.25, -0.2) is 0 Å². The lowest BCUT2D eigenvalue weighted by Crippen LogP contribution is -2.34. The molecular formula is C13H26O8S. The molecular weight excluding hydrogens is 316 g/mol. The van der Waals surface area contributed by atoms with Crippen LogP contribution in [0.4, 0.5) is 0 Å². The van der Waals surface area contributed by atoms with E-state index >= 15 is 0 Å². The second-order valence-electron chi connectivity index (χ2n) is 4.65. The van der Waals surface area contributed by atoms with Gasteiger partial charge in [0.05, 0.1) is 13.0 Å². The Morgan fingerprint density at radius 3 is 2.09 bits per heavy atom. The second kappa shape index (κ2) is 12.4. The molecule has 2 unspecified atom stereocenters. The van der Waals surface area contributed by atoms with Crippen molar-refractivity contribution in [3.05, 3.63) is 0 Å². The highest BCUT2D eigenvalue weighted by molar-refractivity contribution is 7.87. The van der Waals surface area contributed by atoms with Gasteiger partial charge in [0.25, 0.3) is 10.1 Å². The van der Waals surface area contributed by atoms with E-state index in [1.165, 1.54) is 0 Å². The van der Waals surface area contributed by atoms with Crippen molar-refractivity contribution in [2.24, 2.45) is 5.92 Å². The van der Waals surface area contributed by atoms with E-state index in [0.29, 0.717) is 0 Å². The second-order valence-corrected chi connectivity index (χ2v) is 6.25. The highest BCUT2D eigenvalue weighted by Crippen LogP contribution is 2.15. The first-order valence-corrected chi connectivity index (χ1v) is 8.52. The molecule has 0 saturated heterocycles. The van der Waals surface area contributed by atoms with Crippen molar-refractivity contribution in [3.8, 4) is 0 Å². The number of rotatable bonds is 10. The molecule has 0 aliphatic heterocycles. The number of carbonyl (C=O) groups is 2. The molecule has 0 spiro atoms. The van der Waals surface area contributed by atoms with Crippen LogP contribution in [-0.2, 0) is 24.4 Å². The first-order chi connectivity index (χ1) is 10.2. The average Bonchev–Trinajstić information content (AvgIpc) is 2.45. The molecule has 0 aliphatic carbocycles. The summed E-state index contributed by atoms with van der Waals surface area (Å²) in [5.41, 5.74) is 0. The SMILES string of the molecule is CCCCC(CC)COC(=O)C(CC(=O)O)S(=O)(=O)O.CO. The summed E-state index contributed by atoms with van der Waals surface area (Å²) in [5, 5.41) is 13.5. The van der Waals surface area contributed by atoms with Gasteiger partial charge in [0.2, 0.25) is 0 Å². The Morgan fingerprint density at radius 2 is 1.73 bits per heavy atom. The maximum Gasteiger partial charge on any atom is 0.327 e. The lowest BCUT2D eigenvalue weighted by molar-refractivity contribution is -0.148. The highest BCUT2D eigenvalue weighted by Gasteiger charge is 2.35. The number of aliphatic carboxylic acids is 1. The Kier molecular flexibility index (Phi) is 13.0. The Labute approximate surface area is 131 Å². The highest BCUT2D eigenvalue weighted by atomic mass is 32.2. The maximum absolute atomic E-state index is 11.6. The van der Waals surface area contributed by atoms with E-state index in [1.54, 1.807) is 0 Å². The molecule has 3 N–H and O–H groups in total. The van der Waals surface area contributed by atoms with Crippen LogP contribution in [0.3, 0.4) is 0 Å². The van der Waals surface area contributed by atoms with Crippen molar-refractivity contribution in [1.29, 1.82) is 0 Å². The molecule has 0 aromatic rings. The molecule has 0 aliphatic rings. The molecule has 0 radical (unpaired) electrons. The zero-order valence-corrected chi connectivity index (χ0v) is 14.0. The number of unbranched alkanes of at least 4 members (excludes halogenated alkanes) is 1. The van der Waals surface area contributed by atoms with Crippen LogP contribution in [-0.4, -0.2) is 54.1 Å². The van der Waals surface area contributed by atoms with Gasteiger partial charge >= 0.3 is 11.9 Å². The summed E-state index contributed by atoms with van der Waals surface area (Å²) >= 11 is 0. The van der Waals surface area contributed by atoms with Crippen molar-refractivity contribution in [2.75, 3.05) is 13.7 Å². The fraction of sp³-hybridized carbons (Fsp3) is 0.846. The van der Waals surface area contributed by atoms with Gasteiger partial charge in [-0.15, -0.1) is 0 Å². The minimum atomic E-state index is -4.79. The molecule has 0 rings (SSSR count). The number of carboxylic acid groups (broad SMARTS) is 1. The smallest absolute Gasteiger partial charge is 0.327 e. The minimum Gasteiger partial charge on any atom is -0.481 e. The first-order valence-electron chi connectivity index (χ1n) is 7.01. The molecule has 0 heterocycles. The monoisotopic (exact) mass is 342 g/mol. The van der Waals surface area contributed by atoms with E-state index in [1.807, 2.05) is 13.8 Å². The van der Waals surface area contributed by atoms with Crippen LogP contribution in [0.25, 0.3) is 0 Å². The zero-order chi connectivity index (χ0) is 17.8. The van der Waals surface area contributed by atoms with Gasteiger partial charge in [-0.3, -0.25) is 14.1 Å². The van der Waals surface area contributed by atoms with Gasteiger partial charge < -0.3 is 14.9 Å². The molecule has 0 aromatic heterocycles. The van der Waals surface area contributed by atoms with Crippen LogP contribution in [0.2, 0.25) is 0 Å². The normalized spacial score (nSPS) is 13.5. The van der Waals surface area contributed by atoms with E-state index in [0.717, 1.165) is 32.8 Å². The van der Waals surface area contributed by atoms with E-state index < -0.39 is 33.7 Å².